The van der Waals surface area contributed by atoms with Gasteiger partial charge < -0.3 is 4.57 Å². The standard InChI is InChI=1S/C19H19ClN4/c1-11-5-7-15-16(9-11)21-18-14-10-13(20)6-8-17(14)24(19(18)22-15)12(2)23(3)4/h5-10,12H,1-4H3. The fourth-order valence-electron chi connectivity index (χ4n) is 3.13. The minimum Gasteiger partial charge on any atom is -0.308 e. The molecule has 0 amide bonds. The molecule has 0 bridgehead atoms. The van der Waals surface area contributed by atoms with Crippen LogP contribution in [0.3, 0.4) is 0 Å². The number of hydrogen-bond acceptors (Lipinski definition) is 3. The predicted molar refractivity (Wildman–Crippen MR) is 101 cm³/mol. The van der Waals surface area contributed by atoms with Gasteiger partial charge in [-0.1, -0.05) is 17.7 Å². The monoisotopic (exact) mass is 338 g/mol. The molecule has 0 aliphatic carbocycles. The molecule has 4 nitrogen and oxygen atoms in total. The lowest BCUT2D eigenvalue weighted by Gasteiger charge is -2.23. The second-order valence-corrected chi connectivity index (χ2v) is 6.95. The summed E-state index contributed by atoms with van der Waals surface area (Å²) >= 11 is 6.25. The fraction of sp³-hybridized carbons (Fsp3) is 0.263. The molecule has 0 aliphatic rings. The summed E-state index contributed by atoms with van der Waals surface area (Å²) in [6.45, 7) is 4.23. The van der Waals surface area contributed by atoms with E-state index in [9.17, 15) is 0 Å². The van der Waals surface area contributed by atoms with Crippen LogP contribution in [0.2, 0.25) is 5.02 Å². The molecule has 0 aliphatic heterocycles. The lowest BCUT2D eigenvalue weighted by Crippen LogP contribution is -2.22. The van der Waals surface area contributed by atoms with E-state index in [0.29, 0.717) is 5.02 Å². The van der Waals surface area contributed by atoms with Crippen molar-refractivity contribution in [3.05, 3.63) is 47.0 Å². The molecule has 0 saturated heterocycles. The van der Waals surface area contributed by atoms with E-state index >= 15 is 0 Å². The summed E-state index contributed by atoms with van der Waals surface area (Å²) in [7, 11) is 4.13. The largest absolute Gasteiger partial charge is 0.308 e. The van der Waals surface area contributed by atoms with Crippen LogP contribution >= 0.6 is 11.6 Å². The molecule has 0 N–H and O–H groups in total. The van der Waals surface area contributed by atoms with Crippen LogP contribution in [0.15, 0.2) is 36.4 Å². The van der Waals surface area contributed by atoms with Crippen molar-refractivity contribution in [2.45, 2.75) is 20.0 Å². The fourth-order valence-corrected chi connectivity index (χ4v) is 3.31. The quantitative estimate of drug-likeness (QED) is 0.527. The van der Waals surface area contributed by atoms with E-state index in [1.54, 1.807) is 0 Å². The van der Waals surface area contributed by atoms with Crippen LogP contribution in [0.4, 0.5) is 0 Å². The van der Waals surface area contributed by atoms with E-state index in [1.165, 1.54) is 5.56 Å². The van der Waals surface area contributed by atoms with Gasteiger partial charge in [-0.05, 0) is 63.8 Å². The van der Waals surface area contributed by atoms with Crippen LogP contribution in [0.1, 0.15) is 18.7 Å². The Morgan fingerprint density at radius 3 is 2.58 bits per heavy atom. The summed E-state index contributed by atoms with van der Waals surface area (Å²) in [5.74, 6) is 0. The lowest BCUT2D eigenvalue weighted by molar-refractivity contribution is 0.249. The van der Waals surface area contributed by atoms with Crippen LogP contribution < -0.4 is 0 Å². The molecule has 4 aromatic rings. The van der Waals surface area contributed by atoms with Gasteiger partial charge in [-0.15, -0.1) is 0 Å². The van der Waals surface area contributed by atoms with Crippen LogP contribution in [-0.4, -0.2) is 33.5 Å². The van der Waals surface area contributed by atoms with E-state index in [4.69, 9.17) is 21.6 Å². The maximum atomic E-state index is 6.25. The number of rotatable bonds is 2. The third kappa shape index (κ3) is 2.26. The molecule has 0 radical (unpaired) electrons. The van der Waals surface area contributed by atoms with Gasteiger partial charge in [0.25, 0.3) is 0 Å². The van der Waals surface area contributed by atoms with E-state index in [0.717, 1.165) is 33.1 Å². The number of hydrogen-bond donors (Lipinski definition) is 0. The van der Waals surface area contributed by atoms with E-state index in [2.05, 4.69) is 55.6 Å². The van der Waals surface area contributed by atoms with E-state index < -0.39 is 0 Å². The van der Waals surface area contributed by atoms with E-state index in [-0.39, 0.29) is 6.17 Å². The van der Waals surface area contributed by atoms with Crippen molar-refractivity contribution in [2.24, 2.45) is 0 Å². The Bertz CT molecular complexity index is 1080. The van der Waals surface area contributed by atoms with Crippen molar-refractivity contribution in [1.82, 2.24) is 19.4 Å². The molecular weight excluding hydrogens is 320 g/mol. The molecule has 0 fully saturated rings. The molecule has 2 aromatic heterocycles. The van der Waals surface area contributed by atoms with Crippen LogP contribution in [0.5, 0.6) is 0 Å². The summed E-state index contributed by atoms with van der Waals surface area (Å²) in [6.07, 6.45) is 0.156. The molecule has 24 heavy (non-hydrogen) atoms. The smallest absolute Gasteiger partial charge is 0.161 e. The molecule has 0 spiro atoms. The SMILES string of the molecule is Cc1ccc2nc3c(nc2c1)c1cc(Cl)ccc1n3C(C)N(C)C. The number of aromatic nitrogens is 3. The molecule has 1 atom stereocenters. The Morgan fingerprint density at radius 2 is 1.83 bits per heavy atom. The zero-order chi connectivity index (χ0) is 17.0. The maximum absolute atomic E-state index is 6.25. The van der Waals surface area contributed by atoms with Crippen LogP contribution in [-0.2, 0) is 0 Å². The molecule has 2 aromatic carbocycles. The number of benzene rings is 2. The van der Waals surface area contributed by atoms with Gasteiger partial charge in [0.15, 0.2) is 5.65 Å². The van der Waals surface area contributed by atoms with E-state index in [1.807, 2.05) is 18.2 Å². The van der Waals surface area contributed by atoms with Gasteiger partial charge in [0.2, 0.25) is 0 Å². The van der Waals surface area contributed by atoms with Gasteiger partial charge in [-0.2, -0.15) is 0 Å². The van der Waals surface area contributed by atoms with Gasteiger partial charge in [0, 0.05) is 10.4 Å². The summed E-state index contributed by atoms with van der Waals surface area (Å²) in [4.78, 5) is 12.0. The summed E-state index contributed by atoms with van der Waals surface area (Å²) in [5.41, 5.74) is 5.90. The van der Waals surface area contributed by atoms with Crippen molar-refractivity contribution in [3.63, 3.8) is 0 Å². The predicted octanol–water partition coefficient (Wildman–Crippen LogP) is 4.78. The average Bonchev–Trinajstić information content (AvgIpc) is 2.84. The Labute approximate surface area is 145 Å². The van der Waals surface area contributed by atoms with Gasteiger partial charge in [0.1, 0.15) is 5.52 Å². The first-order chi connectivity index (χ1) is 11.5. The minimum absolute atomic E-state index is 0.156. The third-order valence-electron chi connectivity index (χ3n) is 4.62. The van der Waals surface area contributed by atoms with Gasteiger partial charge in [0.05, 0.1) is 22.7 Å². The molecule has 5 heteroatoms. The normalized spacial score (nSPS) is 13.4. The van der Waals surface area contributed by atoms with Gasteiger partial charge in [-0.3, -0.25) is 4.90 Å². The highest BCUT2D eigenvalue weighted by Gasteiger charge is 2.19. The zero-order valence-corrected chi connectivity index (χ0v) is 15.0. The van der Waals surface area contributed by atoms with Crippen LogP contribution in [0, 0.1) is 6.92 Å². The average molecular weight is 339 g/mol. The van der Waals surface area contributed by atoms with Crippen molar-refractivity contribution < 1.29 is 0 Å². The summed E-state index contributed by atoms with van der Waals surface area (Å²) < 4.78 is 2.23. The highest BCUT2D eigenvalue weighted by Crippen LogP contribution is 2.33. The van der Waals surface area contributed by atoms with Crippen molar-refractivity contribution in [2.75, 3.05) is 14.1 Å². The highest BCUT2D eigenvalue weighted by atomic mass is 35.5. The summed E-state index contributed by atoms with van der Waals surface area (Å²) in [6, 6.07) is 12.1. The maximum Gasteiger partial charge on any atom is 0.161 e. The second-order valence-electron chi connectivity index (χ2n) is 6.51. The first-order valence-corrected chi connectivity index (χ1v) is 8.37. The van der Waals surface area contributed by atoms with Crippen molar-refractivity contribution in [1.29, 1.82) is 0 Å². The Balaban J connectivity index is 2.20. The Kier molecular flexibility index (Phi) is 3.48. The number of aryl methyl sites for hydroxylation is 1. The topological polar surface area (TPSA) is 34.0 Å². The van der Waals surface area contributed by atoms with Crippen molar-refractivity contribution in [3.8, 4) is 0 Å². The third-order valence-corrected chi connectivity index (χ3v) is 4.86. The van der Waals surface area contributed by atoms with Crippen molar-refractivity contribution >= 4 is 44.7 Å². The van der Waals surface area contributed by atoms with Gasteiger partial charge >= 0.3 is 0 Å². The molecule has 0 saturated carbocycles. The molecule has 122 valence electrons. The molecule has 2 heterocycles. The molecule has 4 rings (SSSR count). The Morgan fingerprint density at radius 1 is 1.04 bits per heavy atom. The number of fused-ring (bicyclic) bond motifs is 4. The Hall–Kier alpha value is -2.17. The van der Waals surface area contributed by atoms with Gasteiger partial charge in [-0.25, -0.2) is 9.97 Å². The molecule has 1 unspecified atom stereocenters. The van der Waals surface area contributed by atoms with Crippen LogP contribution in [0.25, 0.3) is 33.1 Å². The lowest BCUT2D eigenvalue weighted by atomic mass is 10.2. The first kappa shape index (κ1) is 15.4. The minimum atomic E-state index is 0.156. The summed E-state index contributed by atoms with van der Waals surface area (Å²) in [5, 5.41) is 1.76. The highest BCUT2D eigenvalue weighted by molar-refractivity contribution is 6.31. The first-order valence-electron chi connectivity index (χ1n) is 7.99. The zero-order valence-electron chi connectivity index (χ0n) is 14.2. The second kappa shape index (κ2) is 5.43. The molecular formula is C19H19ClN4. The number of halogens is 1. The number of nitrogens with zero attached hydrogens (tertiary/aromatic N) is 4.